The Bertz CT molecular complexity index is 467. The molecule has 2 rings (SSSR count). The van der Waals surface area contributed by atoms with Gasteiger partial charge in [-0.3, -0.25) is 4.79 Å². The van der Waals surface area contributed by atoms with Crippen molar-refractivity contribution in [3.05, 3.63) is 23.3 Å². The zero-order valence-corrected chi connectivity index (χ0v) is 8.74. The molecule has 0 unspecified atom stereocenters. The fourth-order valence-electron chi connectivity index (χ4n) is 1.75. The summed E-state index contributed by atoms with van der Waals surface area (Å²) < 4.78 is 5.02. The second-order valence-corrected chi connectivity index (χ2v) is 3.56. The summed E-state index contributed by atoms with van der Waals surface area (Å²) in [4.78, 5) is 22.3. The maximum Gasteiger partial charge on any atom is 0.337 e. The first-order valence-corrected chi connectivity index (χ1v) is 4.86. The average molecular weight is 221 g/mol. The van der Waals surface area contributed by atoms with Crippen LogP contribution in [0.5, 0.6) is 5.75 Å². The lowest BCUT2D eigenvalue weighted by Gasteiger charge is -2.19. The highest BCUT2D eigenvalue weighted by Crippen LogP contribution is 2.31. The van der Waals surface area contributed by atoms with E-state index in [1.54, 1.807) is 6.07 Å². The SMILES string of the molecule is COc1cc2c(c(C(=O)O)c1)NC(=O)CC2. The second-order valence-electron chi connectivity index (χ2n) is 3.56. The summed E-state index contributed by atoms with van der Waals surface area (Å²) >= 11 is 0. The molecular weight excluding hydrogens is 210 g/mol. The van der Waals surface area contributed by atoms with E-state index in [0.717, 1.165) is 5.56 Å². The van der Waals surface area contributed by atoms with E-state index >= 15 is 0 Å². The van der Waals surface area contributed by atoms with Crippen LogP contribution in [0.3, 0.4) is 0 Å². The van der Waals surface area contributed by atoms with Gasteiger partial charge in [-0.1, -0.05) is 0 Å². The molecule has 1 heterocycles. The van der Waals surface area contributed by atoms with Crippen LogP contribution in [0.15, 0.2) is 12.1 Å². The average Bonchev–Trinajstić information content (AvgIpc) is 2.27. The molecule has 0 aliphatic carbocycles. The van der Waals surface area contributed by atoms with E-state index < -0.39 is 5.97 Å². The van der Waals surface area contributed by atoms with Crippen LogP contribution in [0.25, 0.3) is 0 Å². The van der Waals surface area contributed by atoms with Gasteiger partial charge in [0.1, 0.15) is 5.75 Å². The number of amides is 1. The van der Waals surface area contributed by atoms with Crippen molar-refractivity contribution in [3.8, 4) is 5.75 Å². The van der Waals surface area contributed by atoms with E-state index in [1.807, 2.05) is 0 Å². The fourth-order valence-corrected chi connectivity index (χ4v) is 1.75. The van der Waals surface area contributed by atoms with Crippen LogP contribution in [-0.2, 0) is 11.2 Å². The van der Waals surface area contributed by atoms with Crippen molar-refractivity contribution in [3.63, 3.8) is 0 Å². The predicted octanol–water partition coefficient (Wildman–Crippen LogP) is 1.28. The quantitative estimate of drug-likeness (QED) is 0.788. The molecule has 16 heavy (non-hydrogen) atoms. The van der Waals surface area contributed by atoms with Crippen LogP contribution >= 0.6 is 0 Å². The van der Waals surface area contributed by atoms with Gasteiger partial charge in [0.25, 0.3) is 0 Å². The van der Waals surface area contributed by atoms with Gasteiger partial charge in [-0.25, -0.2) is 4.79 Å². The first-order valence-electron chi connectivity index (χ1n) is 4.86. The Balaban J connectivity index is 2.57. The number of fused-ring (bicyclic) bond motifs is 1. The number of aromatic carboxylic acids is 1. The first kappa shape index (κ1) is 10.5. The molecule has 1 aliphatic heterocycles. The van der Waals surface area contributed by atoms with Gasteiger partial charge < -0.3 is 15.2 Å². The monoisotopic (exact) mass is 221 g/mol. The van der Waals surface area contributed by atoms with Gasteiger partial charge in [0.15, 0.2) is 0 Å². The maximum absolute atomic E-state index is 11.2. The van der Waals surface area contributed by atoms with Gasteiger partial charge in [0.2, 0.25) is 5.91 Å². The van der Waals surface area contributed by atoms with Crippen LogP contribution < -0.4 is 10.1 Å². The zero-order chi connectivity index (χ0) is 11.7. The molecule has 0 fully saturated rings. The highest BCUT2D eigenvalue weighted by molar-refractivity contribution is 6.03. The Morgan fingerprint density at radius 1 is 1.44 bits per heavy atom. The van der Waals surface area contributed by atoms with Crippen molar-refractivity contribution >= 4 is 17.6 Å². The van der Waals surface area contributed by atoms with E-state index in [0.29, 0.717) is 24.3 Å². The first-order chi connectivity index (χ1) is 7.61. The molecule has 5 heteroatoms. The minimum absolute atomic E-state index is 0.0717. The van der Waals surface area contributed by atoms with Gasteiger partial charge in [-0.2, -0.15) is 0 Å². The van der Waals surface area contributed by atoms with E-state index in [1.165, 1.54) is 13.2 Å². The molecule has 0 saturated heterocycles. The molecule has 5 nitrogen and oxygen atoms in total. The van der Waals surface area contributed by atoms with Crippen LogP contribution in [0.4, 0.5) is 5.69 Å². The molecule has 1 amide bonds. The lowest BCUT2D eigenvalue weighted by molar-refractivity contribution is -0.116. The third-order valence-electron chi connectivity index (χ3n) is 2.55. The number of rotatable bonds is 2. The molecule has 0 spiro atoms. The summed E-state index contributed by atoms with van der Waals surface area (Å²) in [6.45, 7) is 0. The number of ether oxygens (including phenoxy) is 1. The summed E-state index contributed by atoms with van der Waals surface area (Å²) in [7, 11) is 1.48. The van der Waals surface area contributed by atoms with E-state index in [4.69, 9.17) is 9.84 Å². The second kappa shape index (κ2) is 3.84. The third kappa shape index (κ3) is 1.71. The molecule has 1 aliphatic rings. The molecule has 0 atom stereocenters. The number of nitrogens with one attached hydrogen (secondary N) is 1. The molecule has 2 N–H and O–H groups in total. The molecule has 0 aromatic heterocycles. The number of anilines is 1. The topological polar surface area (TPSA) is 75.6 Å². The Morgan fingerprint density at radius 3 is 2.81 bits per heavy atom. The zero-order valence-electron chi connectivity index (χ0n) is 8.74. The largest absolute Gasteiger partial charge is 0.497 e. The smallest absolute Gasteiger partial charge is 0.337 e. The number of benzene rings is 1. The molecular formula is C11H11NO4. The van der Waals surface area contributed by atoms with Crippen LogP contribution in [0.1, 0.15) is 22.3 Å². The fraction of sp³-hybridized carbons (Fsp3) is 0.273. The highest BCUT2D eigenvalue weighted by Gasteiger charge is 2.22. The molecule has 0 saturated carbocycles. The van der Waals surface area contributed by atoms with Crippen LogP contribution in [-0.4, -0.2) is 24.1 Å². The molecule has 1 aromatic rings. The maximum atomic E-state index is 11.2. The predicted molar refractivity (Wildman–Crippen MR) is 56.9 cm³/mol. The summed E-state index contributed by atoms with van der Waals surface area (Å²) in [6.07, 6.45) is 0.915. The highest BCUT2D eigenvalue weighted by atomic mass is 16.5. The number of aryl methyl sites for hydroxylation is 1. The van der Waals surface area contributed by atoms with Gasteiger partial charge in [0, 0.05) is 6.42 Å². The van der Waals surface area contributed by atoms with Crippen molar-refractivity contribution in [1.82, 2.24) is 0 Å². The lowest BCUT2D eigenvalue weighted by atomic mass is 9.98. The minimum atomic E-state index is -1.07. The Morgan fingerprint density at radius 2 is 2.19 bits per heavy atom. The summed E-state index contributed by atoms with van der Waals surface area (Å²) in [5.41, 5.74) is 1.27. The number of methoxy groups -OCH3 is 1. The van der Waals surface area contributed by atoms with Crippen LogP contribution in [0, 0.1) is 0 Å². The number of hydrogen-bond acceptors (Lipinski definition) is 3. The van der Waals surface area contributed by atoms with Gasteiger partial charge in [0.05, 0.1) is 18.4 Å². The molecule has 84 valence electrons. The number of carboxylic acids is 1. The van der Waals surface area contributed by atoms with Gasteiger partial charge in [-0.15, -0.1) is 0 Å². The van der Waals surface area contributed by atoms with Gasteiger partial charge in [-0.05, 0) is 24.1 Å². The number of carboxylic acid groups (broad SMARTS) is 1. The van der Waals surface area contributed by atoms with Crippen molar-refractivity contribution in [1.29, 1.82) is 0 Å². The number of carbonyl (C=O) groups excluding carboxylic acids is 1. The lowest BCUT2D eigenvalue weighted by Crippen LogP contribution is -2.21. The van der Waals surface area contributed by atoms with Crippen LogP contribution in [0.2, 0.25) is 0 Å². The van der Waals surface area contributed by atoms with E-state index in [9.17, 15) is 9.59 Å². The van der Waals surface area contributed by atoms with Crippen molar-refractivity contribution in [2.24, 2.45) is 0 Å². The molecule has 1 aromatic carbocycles. The number of hydrogen-bond donors (Lipinski definition) is 2. The van der Waals surface area contributed by atoms with E-state index in [2.05, 4.69) is 5.32 Å². The minimum Gasteiger partial charge on any atom is -0.497 e. The van der Waals surface area contributed by atoms with Gasteiger partial charge >= 0.3 is 5.97 Å². The molecule has 0 bridgehead atoms. The number of carbonyl (C=O) groups is 2. The van der Waals surface area contributed by atoms with Crippen molar-refractivity contribution in [2.75, 3.05) is 12.4 Å². The molecule has 0 radical (unpaired) electrons. The Kier molecular flexibility index (Phi) is 2.52. The van der Waals surface area contributed by atoms with Crippen molar-refractivity contribution in [2.45, 2.75) is 12.8 Å². The summed E-state index contributed by atoms with van der Waals surface area (Å²) in [5.74, 6) is -0.732. The van der Waals surface area contributed by atoms with Crippen molar-refractivity contribution < 1.29 is 19.4 Å². The Labute approximate surface area is 92.0 Å². The summed E-state index contributed by atoms with van der Waals surface area (Å²) in [6, 6.07) is 3.16. The standard InChI is InChI=1S/C11H11NO4/c1-16-7-4-6-2-3-9(13)12-10(6)8(5-7)11(14)15/h4-5H,2-3H2,1H3,(H,12,13)(H,14,15). The summed E-state index contributed by atoms with van der Waals surface area (Å²) in [5, 5.41) is 11.6. The normalized spacial score (nSPS) is 13.9. The third-order valence-corrected chi connectivity index (χ3v) is 2.55. The van der Waals surface area contributed by atoms with E-state index in [-0.39, 0.29) is 11.5 Å². The Hall–Kier alpha value is -2.04.